The fraction of sp³-hybridized carbons (Fsp3) is 0.400. The number of H-pyrrole nitrogens is 1. The van der Waals surface area contributed by atoms with Crippen molar-refractivity contribution in [2.75, 3.05) is 25.5 Å². The van der Waals surface area contributed by atoms with Crippen LogP contribution < -0.4 is 5.32 Å². The molecule has 28 heavy (non-hydrogen) atoms. The zero-order chi connectivity index (χ0) is 19.7. The van der Waals surface area contributed by atoms with Crippen molar-refractivity contribution in [1.29, 1.82) is 5.26 Å². The van der Waals surface area contributed by atoms with E-state index in [1.54, 1.807) is 6.07 Å². The number of piperidine rings is 1. The second-order valence-electron chi connectivity index (χ2n) is 7.85. The molecule has 3 aromatic rings. The molecule has 4 rings (SSSR count). The Bertz CT molecular complexity index is 1050. The Balaban J connectivity index is 1.73. The summed E-state index contributed by atoms with van der Waals surface area (Å²) in [6.07, 6.45) is 7.06. The van der Waals surface area contributed by atoms with Gasteiger partial charge in [0.1, 0.15) is 17.4 Å². The number of nitriles is 1. The summed E-state index contributed by atoms with van der Waals surface area (Å²) >= 11 is 0. The number of nitrogens with one attached hydrogen (secondary N) is 2. The maximum Gasteiger partial charge on any atom is 0.223 e. The van der Waals surface area contributed by atoms with Crippen molar-refractivity contribution in [3.63, 3.8) is 0 Å². The van der Waals surface area contributed by atoms with Crippen LogP contribution in [-0.2, 0) is 6.42 Å². The zero-order valence-electron chi connectivity index (χ0n) is 16.6. The minimum Gasteiger partial charge on any atom is -0.351 e. The third kappa shape index (κ3) is 3.51. The lowest BCUT2D eigenvalue weighted by Crippen LogP contribution is -2.52. The van der Waals surface area contributed by atoms with Gasteiger partial charge >= 0.3 is 0 Å². The predicted molar refractivity (Wildman–Crippen MR) is 114 cm³/mol. The maximum absolute atomic E-state index is 9.08. The van der Waals surface area contributed by atoms with Crippen molar-refractivity contribution in [3.05, 3.63) is 35.8 Å². The van der Waals surface area contributed by atoms with Crippen LogP contribution in [0.25, 0.3) is 22.3 Å². The van der Waals surface area contributed by atoms with E-state index < -0.39 is 0 Å². The molecule has 8 heteroatoms. The van der Waals surface area contributed by atoms with Gasteiger partial charge in [0.05, 0.1) is 5.69 Å². The molecule has 1 saturated heterocycles. The predicted octanol–water partition coefficient (Wildman–Crippen LogP) is 1.65. The molecule has 0 amide bonds. The molecule has 144 valence electrons. The van der Waals surface area contributed by atoms with E-state index in [1.165, 1.54) is 6.42 Å². The van der Waals surface area contributed by atoms with Crippen LogP contribution in [0, 0.1) is 11.3 Å². The summed E-state index contributed by atoms with van der Waals surface area (Å²) in [5.41, 5.74) is 4.13. The van der Waals surface area contributed by atoms with Gasteiger partial charge in [-0.25, -0.2) is 15.0 Å². The van der Waals surface area contributed by atoms with Crippen molar-refractivity contribution in [1.82, 2.24) is 24.8 Å². The summed E-state index contributed by atoms with van der Waals surface area (Å²) in [6.45, 7) is 4.29. The van der Waals surface area contributed by atoms with E-state index in [0.29, 0.717) is 17.3 Å². The van der Waals surface area contributed by atoms with E-state index in [4.69, 9.17) is 10.2 Å². The third-order valence-corrected chi connectivity index (χ3v) is 6.52. The van der Waals surface area contributed by atoms with Crippen LogP contribution in [0.3, 0.4) is 0 Å². The lowest BCUT2D eigenvalue weighted by molar-refractivity contribution is 0.241. The molecule has 1 aliphatic heterocycles. The molecule has 0 bridgehead atoms. The van der Waals surface area contributed by atoms with Gasteiger partial charge in [-0.3, -0.25) is 0 Å². The van der Waals surface area contributed by atoms with Gasteiger partial charge in [-0.2, -0.15) is 5.26 Å². The highest BCUT2D eigenvalue weighted by Gasteiger charge is 2.30. The molecular weight excluding hydrogens is 366 g/mol. The molecule has 0 radical (unpaired) electrons. The van der Waals surface area contributed by atoms with Gasteiger partial charge in [-0.1, -0.05) is 6.92 Å². The number of aryl methyl sites for hydroxylation is 1. The van der Waals surface area contributed by atoms with E-state index in [9.17, 15) is 0 Å². The molecule has 2 N–H and O–H groups in total. The highest BCUT2D eigenvalue weighted by Crippen LogP contribution is 2.30. The van der Waals surface area contributed by atoms with Gasteiger partial charge in [0.15, 0.2) is 0 Å². The second kappa shape index (κ2) is 7.34. The fourth-order valence-corrected chi connectivity index (χ4v) is 5.20. The number of likely N-dealkylation sites (tertiary alicyclic amines) is 1. The SMILES string of the molecule is CCc1cnc(N[C@]2([SiH3])CCCN(C)C2)nc1-c1c[nH]c2nc(C#N)ccc12. The molecular formula is C20H25N7Si. The molecule has 1 fully saturated rings. The summed E-state index contributed by atoms with van der Waals surface area (Å²) in [6, 6.07) is 5.77. The largest absolute Gasteiger partial charge is 0.351 e. The Morgan fingerprint density at radius 1 is 1.39 bits per heavy atom. The first-order chi connectivity index (χ1) is 13.5. The first-order valence-corrected chi connectivity index (χ1v) is 10.7. The molecule has 0 saturated carbocycles. The van der Waals surface area contributed by atoms with E-state index in [2.05, 4.69) is 45.2 Å². The number of hydrogen-bond donors (Lipinski definition) is 2. The Morgan fingerprint density at radius 2 is 2.25 bits per heavy atom. The Morgan fingerprint density at radius 3 is 3.00 bits per heavy atom. The molecule has 0 unspecified atom stereocenters. The topological polar surface area (TPSA) is 93.5 Å². The number of rotatable bonds is 4. The molecule has 1 atom stereocenters. The summed E-state index contributed by atoms with van der Waals surface area (Å²) in [7, 11) is 3.21. The minimum absolute atomic E-state index is 0.0987. The highest BCUT2D eigenvalue weighted by molar-refractivity contribution is 6.17. The molecule has 0 aromatic carbocycles. The standard InChI is InChI=1S/C20H25N7Si/c1-3-13-10-23-19(26-20(28)7-4-8-27(2)12-20)25-17(13)16-11-22-18-15(16)6-5-14(9-21)24-18/h5-6,10-11H,3-4,7-8,12H2,1-2,28H3,(H,22,24)(H,23,25,26)/t20-/m0/s1. The lowest BCUT2D eigenvalue weighted by Gasteiger charge is -2.39. The average Bonchev–Trinajstić information content (AvgIpc) is 3.10. The first kappa shape index (κ1) is 18.6. The highest BCUT2D eigenvalue weighted by atomic mass is 28.1. The van der Waals surface area contributed by atoms with Crippen molar-refractivity contribution in [3.8, 4) is 17.3 Å². The van der Waals surface area contributed by atoms with E-state index in [0.717, 1.165) is 58.4 Å². The molecule has 4 heterocycles. The lowest BCUT2D eigenvalue weighted by atomic mass is 10.0. The number of likely N-dealkylation sites (N-methyl/N-ethyl adjacent to an activating group) is 1. The van der Waals surface area contributed by atoms with Crippen LogP contribution in [0.5, 0.6) is 0 Å². The second-order valence-corrected chi connectivity index (χ2v) is 9.77. The van der Waals surface area contributed by atoms with E-state index in [-0.39, 0.29) is 5.16 Å². The van der Waals surface area contributed by atoms with Gasteiger partial charge in [-0.05, 0) is 50.6 Å². The van der Waals surface area contributed by atoms with E-state index >= 15 is 0 Å². The summed E-state index contributed by atoms with van der Waals surface area (Å²) in [5, 5.41) is 13.8. The molecule has 1 aliphatic rings. The number of aromatic amines is 1. The van der Waals surface area contributed by atoms with Crippen LogP contribution in [-0.4, -0.2) is 60.4 Å². The Labute approximate surface area is 167 Å². The molecule has 3 aromatic heterocycles. The summed E-state index contributed by atoms with van der Waals surface area (Å²) < 4.78 is 0. The Hall–Kier alpha value is -2.76. The van der Waals surface area contributed by atoms with Gasteiger partial charge in [-0.15, -0.1) is 0 Å². The van der Waals surface area contributed by atoms with Crippen LogP contribution in [0.4, 0.5) is 5.95 Å². The number of nitrogens with zero attached hydrogens (tertiary/aromatic N) is 5. The van der Waals surface area contributed by atoms with Crippen LogP contribution >= 0.6 is 0 Å². The van der Waals surface area contributed by atoms with Crippen LogP contribution in [0.15, 0.2) is 24.5 Å². The van der Waals surface area contributed by atoms with Crippen molar-refractivity contribution in [2.24, 2.45) is 0 Å². The summed E-state index contributed by atoms with van der Waals surface area (Å²) in [5.74, 6) is 0.688. The third-order valence-electron chi connectivity index (χ3n) is 5.45. The maximum atomic E-state index is 9.08. The van der Waals surface area contributed by atoms with Crippen molar-refractivity contribution >= 4 is 27.2 Å². The number of aromatic nitrogens is 4. The molecule has 0 aliphatic carbocycles. The van der Waals surface area contributed by atoms with Crippen molar-refractivity contribution < 1.29 is 0 Å². The average molecular weight is 392 g/mol. The molecule has 0 spiro atoms. The smallest absolute Gasteiger partial charge is 0.223 e. The van der Waals surface area contributed by atoms with Gasteiger partial charge in [0.2, 0.25) is 5.95 Å². The first-order valence-electron chi connectivity index (χ1n) is 9.72. The van der Waals surface area contributed by atoms with Crippen molar-refractivity contribution in [2.45, 2.75) is 31.3 Å². The summed E-state index contributed by atoms with van der Waals surface area (Å²) in [4.78, 5) is 19.4. The number of anilines is 1. The van der Waals surface area contributed by atoms with Gasteiger partial charge < -0.3 is 15.2 Å². The fourth-order valence-electron chi connectivity index (χ4n) is 4.09. The van der Waals surface area contributed by atoms with Crippen LogP contribution in [0.1, 0.15) is 31.0 Å². The Kier molecular flexibility index (Phi) is 4.87. The monoisotopic (exact) mass is 391 g/mol. The number of pyridine rings is 1. The van der Waals surface area contributed by atoms with Gasteiger partial charge in [0.25, 0.3) is 0 Å². The van der Waals surface area contributed by atoms with Crippen LogP contribution in [0.2, 0.25) is 0 Å². The number of hydrogen-bond acceptors (Lipinski definition) is 6. The molecule has 7 nitrogen and oxygen atoms in total. The van der Waals surface area contributed by atoms with E-state index in [1.807, 2.05) is 18.5 Å². The zero-order valence-corrected chi connectivity index (χ0v) is 18.6. The quantitative estimate of drug-likeness (QED) is 0.657. The number of fused-ring (bicyclic) bond motifs is 1. The minimum atomic E-state index is 0.0987. The van der Waals surface area contributed by atoms with Gasteiger partial charge in [0, 0.05) is 45.3 Å². The normalized spacial score (nSPS) is 20.3.